The van der Waals surface area contributed by atoms with E-state index in [0.29, 0.717) is 12.3 Å². The highest BCUT2D eigenvalue weighted by Gasteiger charge is 2.18. The van der Waals surface area contributed by atoms with Crippen LogP contribution in [0, 0.1) is 5.82 Å². The largest absolute Gasteiger partial charge is 0.478 e. The normalized spacial score (nSPS) is 10.4. The Labute approximate surface area is 121 Å². The van der Waals surface area contributed by atoms with Crippen molar-refractivity contribution < 1.29 is 19.0 Å². The number of carbonyl (C=O) groups is 1. The maximum atomic E-state index is 13.4. The van der Waals surface area contributed by atoms with Crippen molar-refractivity contribution in [3.8, 4) is 0 Å². The molecule has 4 N–H and O–H groups in total. The number of nitrogen functional groups attached to an aromatic ring is 1. The maximum absolute atomic E-state index is 13.4. The number of aromatic carboxylic acids is 1. The van der Waals surface area contributed by atoms with Crippen LogP contribution in [0.1, 0.15) is 15.9 Å². The van der Waals surface area contributed by atoms with Crippen LogP contribution in [0.15, 0.2) is 36.4 Å². The summed E-state index contributed by atoms with van der Waals surface area (Å²) >= 11 is 0. The van der Waals surface area contributed by atoms with Gasteiger partial charge in [0.1, 0.15) is 11.4 Å². The lowest BCUT2D eigenvalue weighted by Gasteiger charge is -2.15. The number of methoxy groups -OCH3 is 1. The fourth-order valence-electron chi connectivity index (χ4n) is 2.00. The van der Waals surface area contributed by atoms with E-state index in [2.05, 4.69) is 5.32 Å². The Morgan fingerprint density at radius 3 is 2.67 bits per heavy atom. The molecule has 0 atom stereocenters. The molecule has 5 nitrogen and oxygen atoms in total. The minimum atomic E-state index is -1.29. The molecule has 0 aliphatic heterocycles. The van der Waals surface area contributed by atoms with E-state index in [0.717, 1.165) is 11.6 Å². The van der Waals surface area contributed by atoms with Crippen molar-refractivity contribution >= 4 is 23.0 Å². The molecule has 0 saturated carbocycles. The number of nitrogens with one attached hydrogen (secondary N) is 1. The van der Waals surface area contributed by atoms with Crippen LogP contribution in [0.5, 0.6) is 0 Å². The van der Waals surface area contributed by atoms with Gasteiger partial charge >= 0.3 is 5.97 Å². The summed E-state index contributed by atoms with van der Waals surface area (Å²) in [6.07, 6.45) is 0. The quantitative estimate of drug-likeness (QED) is 0.737. The van der Waals surface area contributed by atoms with E-state index in [1.54, 1.807) is 19.2 Å². The second-order valence-electron chi connectivity index (χ2n) is 4.40. The molecule has 2 aromatic rings. The molecule has 0 unspecified atom stereocenters. The Kier molecular flexibility index (Phi) is 4.39. The lowest BCUT2D eigenvalue weighted by molar-refractivity contribution is 0.0698. The lowest BCUT2D eigenvalue weighted by Crippen LogP contribution is -2.09. The Bertz CT molecular complexity index is 674. The van der Waals surface area contributed by atoms with Gasteiger partial charge < -0.3 is 20.9 Å². The first-order valence-electron chi connectivity index (χ1n) is 6.19. The molecule has 110 valence electrons. The minimum Gasteiger partial charge on any atom is -0.478 e. The molecule has 0 heterocycles. The van der Waals surface area contributed by atoms with Gasteiger partial charge in [0.2, 0.25) is 0 Å². The van der Waals surface area contributed by atoms with Gasteiger partial charge in [0.25, 0.3) is 0 Å². The van der Waals surface area contributed by atoms with Gasteiger partial charge in [-0.05, 0) is 18.2 Å². The molecule has 21 heavy (non-hydrogen) atoms. The van der Waals surface area contributed by atoms with Crippen molar-refractivity contribution in [2.45, 2.75) is 6.61 Å². The van der Waals surface area contributed by atoms with E-state index in [1.807, 2.05) is 12.1 Å². The third kappa shape index (κ3) is 3.11. The second kappa shape index (κ2) is 6.23. The van der Waals surface area contributed by atoms with Gasteiger partial charge in [-0.3, -0.25) is 0 Å². The number of benzene rings is 2. The van der Waals surface area contributed by atoms with E-state index in [-0.39, 0.29) is 11.3 Å². The van der Waals surface area contributed by atoms with Crippen molar-refractivity contribution in [1.82, 2.24) is 0 Å². The highest BCUT2D eigenvalue weighted by molar-refractivity contribution is 6.00. The van der Waals surface area contributed by atoms with E-state index < -0.39 is 17.5 Å². The van der Waals surface area contributed by atoms with Crippen LogP contribution in [0.3, 0.4) is 0 Å². The third-order valence-electron chi connectivity index (χ3n) is 2.99. The number of anilines is 3. The van der Waals surface area contributed by atoms with Crippen LogP contribution < -0.4 is 11.1 Å². The zero-order chi connectivity index (χ0) is 15.4. The zero-order valence-corrected chi connectivity index (χ0v) is 11.4. The predicted molar refractivity (Wildman–Crippen MR) is 78.2 cm³/mol. The number of hydrogen-bond acceptors (Lipinski definition) is 4. The summed E-state index contributed by atoms with van der Waals surface area (Å²) in [6.45, 7) is 0.363. The van der Waals surface area contributed by atoms with E-state index in [4.69, 9.17) is 10.5 Å². The maximum Gasteiger partial charge on any atom is 0.340 e. The summed E-state index contributed by atoms with van der Waals surface area (Å²) in [6, 6.07) is 9.74. The second-order valence-corrected chi connectivity index (χ2v) is 4.40. The monoisotopic (exact) mass is 290 g/mol. The number of hydrogen-bond donors (Lipinski definition) is 3. The number of carboxylic acids is 1. The third-order valence-corrected chi connectivity index (χ3v) is 2.99. The van der Waals surface area contributed by atoms with E-state index in [9.17, 15) is 14.3 Å². The van der Waals surface area contributed by atoms with E-state index in [1.165, 1.54) is 6.07 Å². The van der Waals surface area contributed by atoms with Crippen LogP contribution in [0.25, 0.3) is 0 Å². The van der Waals surface area contributed by atoms with Gasteiger partial charge in [0.15, 0.2) is 0 Å². The van der Waals surface area contributed by atoms with Crippen molar-refractivity contribution in [2.24, 2.45) is 0 Å². The van der Waals surface area contributed by atoms with Gasteiger partial charge in [0, 0.05) is 18.4 Å². The summed E-state index contributed by atoms with van der Waals surface area (Å²) in [7, 11) is 1.56. The molecule has 0 aromatic heterocycles. The highest BCUT2D eigenvalue weighted by atomic mass is 19.1. The molecule has 0 bridgehead atoms. The molecule has 0 fully saturated rings. The first-order chi connectivity index (χ1) is 10.0. The lowest BCUT2D eigenvalue weighted by atomic mass is 10.1. The van der Waals surface area contributed by atoms with Crippen LogP contribution >= 0.6 is 0 Å². The van der Waals surface area contributed by atoms with E-state index >= 15 is 0 Å². The Hall–Kier alpha value is -2.60. The molecule has 0 radical (unpaired) electrons. The molecule has 2 aromatic carbocycles. The van der Waals surface area contributed by atoms with Crippen LogP contribution in [-0.4, -0.2) is 18.2 Å². The van der Waals surface area contributed by atoms with Gasteiger partial charge in [0.05, 0.1) is 18.0 Å². The fourth-order valence-corrected chi connectivity index (χ4v) is 2.00. The number of para-hydroxylation sites is 1. The number of carboxylic acid groups (broad SMARTS) is 1. The number of rotatable bonds is 5. The van der Waals surface area contributed by atoms with Crippen molar-refractivity contribution in [1.29, 1.82) is 0 Å². The Morgan fingerprint density at radius 1 is 1.29 bits per heavy atom. The molecule has 2 rings (SSSR count). The average Bonchev–Trinajstić information content (AvgIpc) is 2.45. The SMILES string of the molecule is COCc1ccccc1Nc1ccc(F)c(N)c1C(=O)O. The fraction of sp³-hybridized carbons (Fsp3) is 0.133. The van der Waals surface area contributed by atoms with Crippen LogP contribution in [0.4, 0.5) is 21.5 Å². The number of ether oxygens (including phenoxy) is 1. The summed E-state index contributed by atoms with van der Waals surface area (Å²) in [5, 5.41) is 12.2. The molecule has 0 amide bonds. The summed E-state index contributed by atoms with van der Waals surface area (Å²) in [5.41, 5.74) is 6.58. The molecular weight excluding hydrogens is 275 g/mol. The predicted octanol–water partition coefficient (Wildman–Crippen LogP) is 3.00. The van der Waals surface area contributed by atoms with Gasteiger partial charge in [-0.25, -0.2) is 9.18 Å². The average molecular weight is 290 g/mol. The van der Waals surface area contributed by atoms with Gasteiger partial charge in [-0.15, -0.1) is 0 Å². The summed E-state index contributed by atoms with van der Waals surface area (Å²) < 4.78 is 18.5. The highest BCUT2D eigenvalue weighted by Crippen LogP contribution is 2.29. The van der Waals surface area contributed by atoms with Crippen molar-refractivity contribution in [3.05, 3.63) is 53.3 Å². The molecule has 6 heteroatoms. The van der Waals surface area contributed by atoms with Crippen molar-refractivity contribution in [2.75, 3.05) is 18.2 Å². The number of halogens is 1. The standard InChI is InChI=1S/C15H15FN2O3/c1-21-8-9-4-2-3-5-11(9)18-12-7-6-10(16)14(17)13(12)15(19)20/h2-7,18H,8,17H2,1H3,(H,19,20). The van der Waals surface area contributed by atoms with Crippen molar-refractivity contribution in [3.63, 3.8) is 0 Å². The zero-order valence-electron chi connectivity index (χ0n) is 11.4. The van der Waals surface area contributed by atoms with Crippen LogP contribution in [0.2, 0.25) is 0 Å². The molecule has 0 aliphatic carbocycles. The molecular formula is C15H15FN2O3. The summed E-state index contributed by atoms with van der Waals surface area (Å²) in [5.74, 6) is -2.05. The molecule has 0 aliphatic rings. The summed E-state index contributed by atoms with van der Waals surface area (Å²) in [4.78, 5) is 11.3. The molecule has 0 saturated heterocycles. The molecule has 0 spiro atoms. The Morgan fingerprint density at radius 2 is 2.00 bits per heavy atom. The van der Waals surface area contributed by atoms with Gasteiger partial charge in [-0.1, -0.05) is 18.2 Å². The smallest absolute Gasteiger partial charge is 0.340 e. The number of nitrogens with two attached hydrogens (primary N) is 1. The minimum absolute atomic E-state index is 0.227. The Balaban J connectivity index is 2.45. The first kappa shape index (κ1) is 14.8. The topological polar surface area (TPSA) is 84.6 Å². The van der Waals surface area contributed by atoms with Gasteiger partial charge in [-0.2, -0.15) is 0 Å². The first-order valence-corrected chi connectivity index (χ1v) is 6.19. The van der Waals surface area contributed by atoms with Crippen LogP contribution in [-0.2, 0) is 11.3 Å².